The van der Waals surface area contributed by atoms with Crippen LogP contribution in [0.3, 0.4) is 0 Å². The van der Waals surface area contributed by atoms with Gasteiger partial charge in [-0.2, -0.15) is 0 Å². The van der Waals surface area contributed by atoms with E-state index in [0.29, 0.717) is 12.0 Å². The lowest BCUT2D eigenvalue weighted by Gasteiger charge is -2.20. The van der Waals surface area contributed by atoms with E-state index < -0.39 is 0 Å². The largest absolute Gasteiger partial charge is 0.468 e. The molecular weight excluding hydrogens is 250 g/mol. The van der Waals surface area contributed by atoms with Gasteiger partial charge in [0.05, 0.1) is 12.8 Å². The third-order valence-electron chi connectivity index (χ3n) is 4.05. The van der Waals surface area contributed by atoms with Gasteiger partial charge in [-0.25, -0.2) is 0 Å². The van der Waals surface area contributed by atoms with Gasteiger partial charge in [-0.05, 0) is 39.0 Å². The van der Waals surface area contributed by atoms with Crippen LogP contribution in [-0.4, -0.2) is 49.6 Å². The fourth-order valence-electron chi connectivity index (χ4n) is 2.76. The Balaban J connectivity index is 1.83. The van der Waals surface area contributed by atoms with Crippen molar-refractivity contribution in [3.05, 3.63) is 23.7 Å². The van der Waals surface area contributed by atoms with Gasteiger partial charge in [-0.3, -0.25) is 4.90 Å². The molecule has 114 valence electrons. The number of nitrogens with zero attached hydrogens (tertiary/aromatic N) is 2. The van der Waals surface area contributed by atoms with E-state index in [4.69, 9.17) is 4.42 Å². The molecule has 1 N–H and O–H groups in total. The number of likely N-dealkylation sites (tertiary alicyclic amines) is 1. The van der Waals surface area contributed by atoms with Crippen molar-refractivity contribution in [3.63, 3.8) is 0 Å². The zero-order chi connectivity index (χ0) is 14.5. The summed E-state index contributed by atoms with van der Waals surface area (Å²) in [6, 6.07) is 2.82. The molecule has 1 unspecified atom stereocenters. The van der Waals surface area contributed by atoms with Crippen molar-refractivity contribution >= 4 is 0 Å². The van der Waals surface area contributed by atoms with Crippen molar-refractivity contribution in [2.24, 2.45) is 5.92 Å². The summed E-state index contributed by atoms with van der Waals surface area (Å²) in [6.45, 7) is 9.69. The Hall–Kier alpha value is -0.840. The molecule has 4 nitrogen and oxygen atoms in total. The highest BCUT2D eigenvalue weighted by Crippen LogP contribution is 2.19. The van der Waals surface area contributed by atoms with Gasteiger partial charge < -0.3 is 14.6 Å². The molecule has 0 radical (unpaired) electrons. The maximum Gasteiger partial charge on any atom is 0.122 e. The first-order valence-electron chi connectivity index (χ1n) is 7.71. The SMILES string of the molecule is CC(C)CNCc1occc1CN1CCC(N(C)C)C1. The van der Waals surface area contributed by atoms with Crippen molar-refractivity contribution in [3.8, 4) is 0 Å². The lowest BCUT2D eigenvalue weighted by atomic mass is 10.2. The Bertz CT molecular complexity index is 400. The fraction of sp³-hybridized carbons (Fsp3) is 0.750. The van der Waals surface area contributed by atoms with Gasteiger partial charge in [-0.1, -0.05) is 13.8 Å². The molecular formula is C16H29N3O. The number of hydrogen-bond donors (Lipinski definition) is 1. The van der Waals surface area contributed by atoms with Crippen LogP contribution >= 0.6 is 0 Å². The van der Waals surface area contributed by atoms with E-state index in [1.54, 1.807) is 0 Å². The minimum Gasteiger partial charge on any atom is -0.468 e. The molecule has 2 heterocycles. The van der Waals surface area contributed by atoms with E-state index in [-0.39, 0.29) is 0 Å². The number of likely N-dealkylation sites (N-methyl/N-ethyl adjacent to an activating group) is 1. The summed E-state index contributed by atoms with van der Waals surface area (Å²) >= 11 is 0. The summed E-state index contributed by atoms with van der Waals surface area (Å²) in [5.41, 5.74) is 1.33. The van der Waals surface area contributed by atoms with Crippen LogP contribution in [0.15, 0.2) is 16.7 Å². The van der Waals surface area contributed by atoms with Gasteiger partial charge in [0.15, 0.2) is 0 Å². The van der Waals surface area contributed by atoms with E-state index in [2.05, 4.69) is 49.1 Å². The average molecular weight is 279 g/mol. The fourth-order valence-corrected chi connectivity index (χ4v) is 2.76. The van der Waals surface area contributed by atoms with E-state index >= 15 is 0 Å². The summed E-state index contributed by atoms with van der Waals surface area (Å²) in [6.07, 6.45) is 3.09. The van der Waals surface area contributed by atoms with E-state index in [9.17, 15) is 0 Å². The van der Waals surface area contributed by atoms with E-state index in [1.165, 1.54) is 18.5 Å². The molecule has 0 saturated carbocycles. The summed E-state index contributed by atoms with van der Waals surface area (Å²) in [5.74, 6) is 1.77. The van der Waals surface area contributed by atoms with Crippen molar-refractivity contribution in [1.29, 1.82) is 0 Å². The van der Waals surface area contributed by atoms with Gasteiger partial charge in [-0.15, -0.1) is 0 Å². The molecule has 0 aromatic carbocycles. The zero-order valence-corrected chi connectivity index (χ0v) is 13.4. The van der Waals surface area contributed by atoms with Gasteiger partial charge in [0.1, 0.15) is 5.76 Å². The topological polar surface area (TPSA) is 31.7 Å². The molecule has 1 fully saturated rings. The van der Waals surface area contributed by atoms with Gasteiger partial charge >= 0.3 is 0 Å². The average Bonchev–Trinajstić information content (AvgIpc) is 2.99. The lowest BCUT2D eigenvalue weighted by molar-refractivity contribution is 0.263. The van der Waals surface area contributed by atoms with Crippen LogP contribution in [-0.2, 0) is 13.1 Å². The Labute approximate surface area is 123 Å². The van der Waals surface area contributed by atoms with Crippen molar-refractivity contribution in [2.75, 3.05) is 33.7 Å². The molecule has 1 aromatic rings. The van der Waals surface area contributed by atoms with E-state index in [0.717, 1.165) is 31.9 Å². The van der Waals surface area contributed by atoms with Gasteiger partial charge in [0.25, 0.3) is 0 Å². The Kier molecular flexibility index (Phi) is 5.64. The lowest BCUT2D eigenvalue weighted by Crippen LogP contribution is -2.31. The zero-order valence-electron chi connectivity index (χ0n) is 13.4. The molecule has 1 saturated heterocycles. The molecule has 20 heavy (non-hydrogen) atoms. The molecule has 2 rings (SSSR count). The maximum absolute atomic E-state index is 5.63. The van der Waals surface area contributed by atoms with Crippen LogP contribution in [0.5, 0.6) is 0 Å². The summed E-state index contributed by atoms with van der Waals surface area (Å²) in [4.78, 5) is 4.86. The number of hydrogen-bond acceptors (Lipinski definition) is 4. The van der Waals surface area contributed by atoms with Crippen LogP contribution < -0.4 is 5.32 Å². The first-order chi connectivity index (χ1) is 9.56. The van der Waals surface area contributed by atoms with E-state index in [1.807, 2.05) is 6.26 Å². The first-order valence-corrected chi connectivity index (χ1v) is 7.71. The molecule has 1 atom stereocenters. The Morgan fingerprint density at radius 3 is 2.90 bits per heavy atom. The predicted octanol–water partition coefficient (Wildman–Crippen LogP) is 2.16. The van der Waals surface area contributed by atoms with Crippen molar-refractivity contribution < 1.29 is 4.42 Å². The monoisotopic (exact) mass is 279 g/mol. The molecule has 1 aliphatic rings. The Morgan fingerprint density at radius 1 is 1.45 bits per heavy atom. The van der Waals surface area contributed by atoms with Crippen molar-refractivity contribution in [1.82, 2.24) is 15.1 Å². The van der Waals surface area contributed by atoms with Crippen LogP contribution in [0.1, 0.15) is 31.6 Å². The molecule has 0 aliphatic carbocycles. The third kappa shape index (κ3) is 4.33. The summed E-state index contributed by atoms with van der Waals surface area (Å²) < 4.78 is 5.63. The van der Waals surface area contributed by atoms with Crippen LogP contribution in [0.25, 0.3) is 0 Å². The predicted molar refractivity (Wildman–Crippen MR) is 82.6 cm³/mol. The number of nitrogens with one attached hydrogen (secondary N) is 1. The summed E-state index contributed by atoms with van der Waals surface area (Å²) in [5, 5.41) is 3.46. The minimum atomic E-state index is 0.674. The second-order valence-corrected chi connectivity index (χ2v) is 6.53. The van der Waals surface area contributed by atoms with Gasteiger partial charge in [0.2, 0.25) is 0 Å². The van der Waals surface area contributed by atoms with Gasteiger partial charge in [0, 0.05) is 31.2 Å². The minimum absolute atomic E-state index is 0.674. The molecule has 0 amide bonds. The molecule has 4 heteroatoms. The second-order valence-electron chi connectivity index (χ2n) is 6.53. The summed E-state index contributed by atoms with van der Waals surface area (Å²) in [7, 11) is 4.35. The highest BCUT2D eigenvalue weighted by Gasteiger charge is 2.24. The molecule has 1 aromatic heterocycles. The normalized spacial score (nSPS) is 20.4. The maximum atomic E-state index is 5.63. The van der Waals surface area contributed by atoms with Crippen molar-refractivity contribution in [2.45, 2.75) is 39.4 Å². The molecule has 0 spiro atoms. The highest BCUT2D eigenvalue weighted by molar-refractivity contribution is 5.17. The Morgan fingerprint density at radius 2 is 2.25 bits per heavy atom. The molecule has 1 aliphatic heterocycles. The number of furan rings is 1. The second kappa shape index (κ2) is 7.25. The standard InChI is InChI=1S/C16H29N3O/c1-13(2)9-17-10-16-14(6-8-20-16)11-19-7-5-15(12-19)18(3)4/h6,8,13,15,17H,5,7,9-12H2,1-4H3. The smallest absolute Gasteiger partial charge is 0.122 e. The number of rotatable bonds is 7. The first kappa shape index (κ1) is 15.5. The third-order valence-corrected chi connectivity index (χ3v) is 4.05. The van der Waals surface area contributed by atoms with Crippen LogP contribution in [0.4, 0.5) is 0 Å². The highest BCUT2D eigenvalue weighted by atomic mass is 16.3. The molecule has 0 bridgehead atoms. The van der Waals surface area contributed by atoms with Crippen LogP contribution in [0, 0.1) is 5.92 Å². The van der Waals surface area contributed by atoms with Crippen LogP contribution in [0.2, 0.25) is 0 Å². The quantitative estimate of drug-likeness (QED) is 0.829.